The largest absolute Gasteiger partial charge is 0.465 e. The zero-order valence-electron chi connectivity index (χ0n) is 10.4. The van der Waals surface area contributed by atoms with Gasteiger partial charge in [0.25, 0.3) is 0 Å². The highest BCUT2D eigenvalue weighted by atomic mass is 16.5. The highest BCUT2D eigenvalue weighted by Gasteiger charge is 2.05. The molecule has 0 spiro atoms. The Kier molecular flexibility index (Phi) is 3.79. The average molecular weight is 252 g/mol. The second-order valence-corrected chi connectivity index (χ2v) is 3.89. The molecular weight excluding hydrogens is 240 g/mol. The third kappa shape index (κ3) is 3.11. The van der Waals surface area contributed by atoms with Gasteiger partial charge in [-0.3, -0.25) is 0 Å². The van der Waals surface area contributed by atoms with Crippen LogP contribution in [0.2, 0.25) is 0 Å². The van der Waals surface area contributed by atoms with E-state index in [0.29, 0.717) is 11.1 Å². The lowest BCUT2D eigenvalue weighted by molar-refractivity contribution is 0.0601. The van der Waals surface area contributed by atoms with Gasteiger partial charge < -0.3 is 10.1 Å². The lowest BCUT2D eigenvalue weighted by Crippen LogP contribution is -2.01. The maximum absolute atomic E-state index is 11.4. The molecule has 0 atom stereocenters. The summed E-state index contributed by atoms with van der Waals surface area (Å²) in [5, 5.41) is 12.0. The van der Waals surface area contributed by atoms with Crippen LogP contribution in [0, 0.1) is 11.3 Å². The number of nitriles is 1. The number of esters is 1. The van der Waals surface area contributed by atoms with E-state index in [1.807, 2.05) is 12.1 Å². The summed E-state index contributed by atoms with van der Waals surface area (Å²) in [7, 11) is 1.35. The number of benzene rings is 2. The van der Waals surface area contributed by atoms with Crippen LogP contribution in [0.25, 0.3) is 0 Å². The Labute approximate surface area is 111 Å². The molecule has 0 saturated carbocycles. The van der Waals surface area contributed by atoms with Crippen LogP contribution in [0.15, 0.2) is 48.5 Å². The quantitative estimate of drug-likeness (QED) is 0.853. The van der Waals surface area contributed by atoms with Gasteiger partial charge in [0.2, 0.25) is 0 Å². The van der Waals surface area contributed by atoms with Gasteiger partial charge in [-0.05, 0) is 36.4 Å². The van der Waals surface area contributed by atoms with E-state index in [4.69, 9.17) is 5.26 Å². The van der Waals surface area contributed by atoms with E-state index >= 15 is 0 Å². The maximum atomic E-state index is 11.4. The van der Waals surface area contributed by atoms with Crippen LogP contribution in [0.5, 0.6) is 0 Å². The molecule has 4 heteroatoms. The monoisotopic (exact) mass is 252 g/mol. The number of hydrogen-bond donors (Lipinski definition) is 1. The number of nitrogens with zero attached hydrogens (tertiary/aromatic N) is 1. The van der Waals surface area contributed by atoms with Crippen molar-refractivity contribution in [2.45, 2.75) is 0 Å². The summed E-state index contributed by atoms with van der Waals surface area (Å²) >= 11 is 0. The number of carbonyl (C=O) groups is 1. The number of nitrogens with one attached hydrogen (secondary N) is 1. The molecule has 0 bridgehead atoms. The summed E-state index contributed by atoms with van der Waals surface area (Å²) in [4.78, 5) is 11.4. The minimum Gasteiger partial charge on any atom is -0.465 e. The zero-order valence-corrected chi connectivity index (χ0v) is 10.4. The van der Waals surface area contributed by atoms with Crippen molar-refractivity contribution >= 4 is 17.3 Å². The molecule has 2 aromatic rings. The van der Waals surface area contributed by atoms with Gasteiger partial charge in [0.15, 0.2) is 0 Å². The molecule has 2 rings (SSSR count). The van der Waals surface area contributed by atoms with E-state index in [-0.39, 0.29) is 5.97 Å². The molecule has 0 aliphatic carbocycles. The SMILES string of the molecule is COC(=O)c1cccc(Nc2cccc(C#N)c2)c1. The van der Waals surface area contributed by atoms with Crippen molar-refractivity contribution in [2.75, 3.05) is 12.4 Å². The van der Waals surface area contributed by atoms with Gasteiger partial charge in [0.05, 0.1) is 24.3 Å². The molecular formula is C15H12N2O2. The lowest BCUT2D eigenvalue weighted by Gasteiger charge is -2.08. The molecule has 0 saturated heterocycles. The standard InChI is InChI=1S/C15H12N2O2/c1-19-15(18)12-5-3-7-14(9-12)17-13-6-2-4-11(8-13)10-16/h2-9,17H,1H3. The van der Waals surface area contributed by atoms with Gasteiger partial charge >= 0.3 is 5.97 Å². The highest BCUT2D eigenvalue weighted by molar-refractivity contribution is 5.90. The van der Waals surface area contributed by atoms with Crippen molar-refractivity contribution in [1.29, 1.82) is 5.26 Å². The molecule has 0 aromatic heterocycles. The third-order valence-corrected chi connectivity index (χ3v) is 2.56. The molecule has 0 unspecified atom stereocenters. The first-order valence-electron chi connectivity index (χ1n) is 5.68. The number of carbonyl (C=O) groups excluding carboxylic acids is 1. The Balaban J connectivity index is 2.23. The van der Waals surface area contributed by atoms with E-state index in [9.17, 15) is 4.79 Å². The number of methoxy groups -OCH3 is 1. The summed E-state index contributed by atoms with van der Waals surface area (Å²) < 4.78 is 4.67. The molecule has 0 amide bonds. The Morgan fingerprint density at radius 1 is 1.16 bits per heavy atom. The van der Waals surface area contributed by atoms with Gasteiger partial charge in [-0.15, -0.1) is 0 Å². The predicted molar refractivity (Wildman–Crippen MR) is 72.2 cm³/mol. The maximum Gasteiger partial charge on any atom is 0.337 e. The van der Waals surface area contributed by atoms with Gasteiger partial charge in [0, 0.05) is 11.4 Å². The predicted octanol–water partition coefficient (Wildman–Crippen LogP) is 3.09. The number of hydrogen-bond acceptors (Lipinski definition) is 4. The normalized spacial score (nSPS) is 9.47. The molecule has 19 heavy (non-hydrogen) atoms. The van der Waals surface area contributed by atoms with Gasteiger partial charge in [-0.1, -0.05) is 12.1 Å². The average Bonchev–Trinajstić information content (AvgIpc) is 2.47. The van der Waals surface area contributed by atoms with Crippen molar-refractivity contribution < 1.29 is 9.53 Å². The number of ether oxygens (including phenoxy) is 1. The van der Waals surface area contributed by atoms with Crippen LogP contribution >= 0.6 is 0 Å². The van der Waals surface area contributed by atoms with E-state index < -0.39 is 0 Å². The zero-order chi connectivity index (χ0) is 13.7. The first-order chi connectivity index (χ1) is 9.22. The molecule has 0 aliphatic heterocycles. The van der Waals surface area contributed by atoms with Crippen molar-refractivity contribution in [3.8, 4) is 6.07 Å². The van der Waals surface area contributed by atoms with E-state index in [2.05, 4.69) is 16.1 Å². The molecule has 1 N–H and O–H groups in total. The number of anilines is 2. The van der Waals surface area contributed by atoms with Crippen molar-refractivity contribution in [2.24, 2.45) is 0 Å². The van der Waals surface area contributed by atoms with Crippen molar-refractivity contribution in [3.05, 3.63) is 59.7 Å². The molecule has 0 fully saturated rings. The summed E-state index contributed by atoms with van der Waals surface area (Å²) in [5.74, 6) is -0.380. The fraction of sp³-hybridized carbons (Fsp3) is 0.0667. The van der Waals surface area contributed by atoms with Crippen LogP contribution in [0.1, 0.15) is 15.9 Å². The van der Waals surface area contributed by atoms with E-state index in [0.717, 1.165) is 11.4 Å². The lowest BCUT2D eigenvalue weighted by atomic mass is 10.2. The summed E-state index contributed by atoms with van der Waals surface area (Å²) in [6.45, 7) is 0. The molecule has 0 aliphatic rings. The van der Waals surface area contributed by atoms with Crippen LogP contribution in [-0.2, 0) is 4.74 Å². The first kappa shape index (κ1) is 12.7. The fourth-order valence-electron chi connectivity index (χ4n) is 1.67. The summed E-state index contributed by atoms with van der Waals surface area (Å²) in [5.41, 5.74) is 2.61. The van der Waals surface area contributed by atoms with Crippen LogP contribution in [0.4, 0.5) is 11.4 Å². The van der Waals surface area contributed by atoms with Crippen LogP contribution in [-0.4, -0.2) is 13.1 Å². The minimum absolute atomic E-state index is 0.380. The van der Waals surface area contributed by atoms with Crippen molar-refractivity contribution in [1.82, 2.24) is 0 Å². The Morgan fingerprint density at radius 3 is 2.53 bits per heavy atom. The first-order valence-corrected chi connectivity index (χ1v) is 5.68. The van der Waals surface area contributed by atoms with E-state index in [1.165, 1.54) is 7.11 Å². The topological polar surface area (TPSA) is 62.1 Å². The third-order valence-electron chi connectivity index (χ3n) is 2.56. The van der Waals surface area contributed by atoms with Gasteiger partial charge in [0.1, 0.15) is 0 Å². The molecule has 94 valence electrons. The summed E-state index contributed by atoms with van der Waals surface area (Å²) in [6, 6.07) is 16.2. The second-order valence-electron chi connectivity index (χ2n) is 3.89. The Morgan fingerprint density at radius 2 is 1.84 bits per heavy atom. The molecule has 4 nitrogen and oxygen atoms in total. The molecule has 0 radical (unpaired) electrons. The van der Waals surface area contributed by atoms with Gasteiger partial charge in [-0.25, -0.2) is 4.79 Å². The smallest absolute Gasteiger partial charge is 0.337 e. The second kappa shape index (κ2) is 5.69. The minimum atomic E-state index is -0.380. The van der Waals surface area contributed by atoms with Crippen molar-refractivity contribution in [3.63, 3.8) is 0 Å². The van der Waals surface area contributed by atoms with Gasteiger partial charge in [-0.2, -0.15) is 5.26 Å². The fourth-order valence-corrected chi connectivity index (χ4v) is 1.67. The van der Waals surface area contributed by atoms with Crippen LogP contribution < -0.4 is 5.32 Å². The highest BCUT2D eigenvalue weighted by Crippen LogP contribution is 2.19. The molecule has 2 aromatic carbocycles. The Bertz CT molecular complexity index is 645. The van der Waals surface area contributed by atoms with E-state index in [1.54, 1.807) is 36.4 Å². The molecule has 0 heterocycles. The Hall–Kier alpha value is -2.80. The summed E-state index contributed by atoms with van der Waals surface area (Å²) in [6.07, 6.45) is 0. The number of rotatable bonds is 3. The van der Waals surface area contributed by atoms with Crippen LogP contribution in [0.3, 0.4) is 0 Å².